The van der Waals surface area contributed by atoms with Crippen molar-refractivity contribution in [2.24, 2.45) is 0 Å². The van der Waals surface area contributed by atoms with Crippen LogP contribution >= 0.6 is 23.5 Å². The minimum absolute atomic E-state index is 0.276. The molecular weight excluding hydrogens is 298 g/mol. The molecule has 0 aromatic carbocycles. The maximum atomic E-state index is 11.9. The molecule has 0 aliphatic carbocycles. The first-order valence-electron chi connectivity index (χ1n) is 6.49. The van der Waals surface area contributed by atoms with Crippen LogP contribution < -0.4 is 0 Å². The lowest BCUT2D eigenvalue weighted by molar-refractivity contribution is -0.138. The second-order valence-corrected chi connectivity index (χ2v) is 6.10. The summed E-state index contributed by atoms with van der Waals surface area (Å²) in [7, 11) is 0. The summed E-state index contributed by atoms with van der Waals surface area (Å²) in [6.07, 6.45) is 1.52. The molecule has 0 unspecified atom stereocenters. The molecule has 0 amide bonds. The van der Waals surface area contributed by atoms with Gasteiger partial charge >= 0.3 is 11.9 Å². The highest BCUT2D eigenvalue weighted by Crippen LogP contribution is 2.43. The molecule has 20 heavy (non-hydrogen) atoms. The Labute approximate surface area is 126 Å². The summed E-state index contributed by atoms with van der Waals surface area (Å²) in [6, 6.07) is 0. The van der Waals surface area contributed by atoms with E-state index in [9.17, 15) is 9.59 Å². The zero-order valence-electron chi connectivity index (χ0n) is 11.5. The van der Waals surface area contributed by atoms with Gasteiger partial charge in [0.25, 0.3) is 0 Å². The van der Waals surface area contributed by atoms with Crippen molar-refractivity contribution in [1.29, 1.82) is 0 Å². The number of carbonyl (C=O) groups is 2. The highest BCUT2D eigenvalue weighted by molar-refractivity contribution is 8.07. The highest BCUT2D eigenvalue weighted by atomic mass is 32.2. The van der Waals surface area contributed by atoms with E-state index in [-0.39, 0.29) is 11.9 Å². The predicted octanol–water partition coefficient (Wildman–Crippen LogP) is 1.96. The first kappa shape index (κ1) is 15.3. The third-order valence-corrected chi connectivity index (χ3v) is 5.04. The van der Waals surface area contributed by atoms with Crippen molar-refractivity contribution in [2.75, 3.05) is 31.3 Å². The molecule has 110 valence electrons. The van der Waals surface area contributed by atoms with Gasteiger partial charge in [0.05, 0.1) is 18.2 Å². The van der Waals surface area contributed by atoms with Gasteiger partial charge in [0.1, 0.15) is 4.91 Å². The zero-order chi connectivity index (χ0) is 14.5. The number of hydrogen-bond donors (Lipinski definition) is 0. The van der Waals surface area contributed by atoms with Crippen LogP contribution in [-0.4, -0.2) is 48.1 Å². The van der Waals surface area contributed by atoms with E-state index >= 15 is 0 Å². The van der Waals surface area contributed by atoms with E-state index in [2.05, 4.69) is 0 Å². The van der Waals surface area contributed by atoms with Gasteiger partial charge in [-0.05, 0) is 13.8 Å². The number of hydrogen-bond acceptors (Lipinski definition) is 7. The molecule has 1 saturated heterocycles. The molecule has 7 heteroatoms. The van der Waals surface area contributed by atoms with Crippen LogP contribution in [0, 0.1) is 0 Å². The van der Waals surface area contributed by atoms with Crippen LogP contribution in [0.25, 0.3) is 0 Å². The number of esters is 2. The Morgan fingerprint density at radius 2 is 2.00 bits per heavy atom. The lowest BCUT2D eigenvalue weighted by Crippen LogP contribution is -2.27. The largest absolute Gasteiger partial charge is 0.463 e. The van der Waals surface area contributed by atoms with Crippen LogP contribution in [0.2, 0.25) is 0 Å². The first-order valence-corrected chi connectivity index (χ1v) is 8.46. The van der Waals surface area contributed by atoms with Gasteiger partial charge in [-0.1, -0.05) is 0 Å². The summed E-state index contributed by atoms with van der Waals surface area (Å²) in [5.41, 5.74) is 0.894. The minimum Gasteiger partial charge on any atom is -0.463 e. The van der Waals surface area contributed by atoms with Gasteiger partial charge in [-0.3, -0.25) is 0 Å². The third-order valence-electron chi connectivity index (χ3n) is 2.74. The number of carbonyl (C=O) groups excluding carboxylic acids is 2. The van der Waals surface area contributed by atoms with Gasteiger partial charge in [0.2, 0.25) is 0 Å². The van der Waals surface area contributed by atoms with E-state index in [1.165, 1.54) is 17.8 Å². The fourth-order valence-corrected chi connectivity index (χ4v) is 4.29. The molecule has 5 nitrogen and oxygen atoms in total. The molecule has 0 bridgehead atoms. The van der Waals surface area contributed by atoms with Crippen LogP contribution in [0.15, 0.2) is 21.7 Å². The normalized spacial score (nSPS) is 20.1. The molecule has 1 fully saturated rings. The van der Waals surface area contributed by atoms with Crippen molar-refractivity contribution in [3.63, 3.8) is 0 Å². The van der Waals surface area contributed by atoms with Gasteiger partial charge in [0, 0.05) is 29.8 Å². The Morgan fingerprint density at radius 3 is 2.70 bits per heavy atom. The molecule has 2 heterocycles. The van der Waals surface area contributed by atoms with E-state index in [0.717, 1.165) is 23.0 Å². The topological polar surface area (TPSA) is 55.8 Å². The number of thioether (sulfide) groups is 2. The lowest BCUT2D eigenvalue weighted by Gasteiger charge is -2.26. The summed E-state index contributed by atoms with van der Waals surface area (Å²) < 4.78 is 10.0. The lowest BCUT2D eigenvalue weighted by atomic mass is 10.3. The van der Waals surface area contributed by atoms with Crippen LogP contribution in [0.1, 0.15) is 13.8 Å². The summed E-state index contributed by atoms with van der Waals surface area (Å²) >= 11 is 3.08. The molecule has 0 radical (unpaired) electrons. The second-order valence-electron chi connectivity index (χ2n) is 4.03. The average molecular weight is 315 g/mol. The van der Waals surface area contributed by atoms with E-state index < -0.39 is 0 Å². The summed E-state index contributed by atoms with van der Waals surface area (Å²) in [6.45, 7) is 5.10. The van der Waals surface area contributed by atoms with E-state index in [1.54, 1.807) is 25.6 Å². The quantitative estimate of drug-likeness (QED) is 0.580. The van der Waals surface area contributed by atoms with Crippen molar-refractivity contribution in [2.45, 2.75) is 13.8 Å². The second kappa shape index (κ2) is 7.08. The van der Waals surface area contributed by atoms with Crippen molar-refractivity contribution in [3.8, 4) is 0 Å². The Kier molecular flexibility index (Phi) is 5.42. The van der Waals surface area contributed by atoms with Gasteiger partial charge in [-0.15, -0.1) is 23.5 Å². The highest BCUT2D eigenvalue weighted by Gasteiger charge is 2.33. The molecule has 0 saturated carbocycles. The monoisotopic (exact) mass is 315 g/mol. The molecule has 0 aromatic heterocycles. The summed E-state index contributed by atoms with van der Waals surface area (Å²) in [5, 5.41) is 0.898. The van der Waals surface area contributed by atoms with Gasteiger partial charge < -0.3 is 14.4 Å². The number of rotatable bonds is 4. The van der Waals surface area contributed by atoms with Crippen LogP contribution in [0.3, 0.4) is 0 Å². The summed E-state index contributed by atoms with van der Waals surface area (Å²) in [4.78, 5) is 26.1. The average Bonchev–Trinajstić information content (AvgIpc) is 2.82. The van der Waals surface area contributed by atoms with Crippen molar-refractivity contribution in [1.82, 2.24) is 4.90 Å². The maximum absolute atomic E-state index is 11.9. The third kappa shape index (κ3) is 3.32. The van der Waals surface area contributed by atoms with E-state index in [0.29, 0.717) is 23.9 Å². The fourth-order valence-electron chi connectivity index (χ4n) is 1.94. The number of fused-ring (bicyclic) bond motifs is 1. The maximum Gasteiger partial charge on any atom is 0.347 e. The van der Waals surface area contributed by atoms with E-state index in [1.807, 2.05) is 4.90 Å². The van der Waals surface area contributed by atoms with Crippen LogP contribution in [0.4, 0.5) is 0 Å². The van der Waals surface area contributed by atoms with Crippen LogP contribution in [0.5, 0.6) is 0 Å². The molecule has 0 N–H and O–H groups in total. The van der Waals surface area contributed by atoms with Crippen molar-refractivity contribution >= 4 is 35.5 Å². The smallest absolute Gasteiger partial charge is 0.347 e. The van der Waals surface area contributed by atoms with E-state index in [4.69, 9.17) is 9.47 Å². The Hall–Kier alpha value is -1.08. The zero-order valence-corrected chi connectivity index (χ0v) is 13.1. The number of ether oxygens (including phenoxy) is 2. The minimum atomic E-state index is -0.333. The number of nitrogens with zero attached hydrogens (tertiary/aromatic N) is 1. The first-order chi connectivity index (χ1) is 9.67. The Balaban J connectivity index is 2.20. The molecule has 0 atom stereocenters. The molecule has 0 aromatic rings. The van der Waals surface area contributed by atoms with Gasteiger partial charge in [-0.25, -0.2) is 9.59 Å². The Bertz CT molecular complexity index is 473. The molecule has 2 aliphatic heterocycles. The molecule has 2 rings (SSSR count). The van der Waals surface area contributed by atoms with Crippen LogP contribution in [-0.2, 0) is 19.1 Å². The molecule has 0 spiro atoms. The SMILES string of the molecule is CCOC(=O)C=C1CSC2=C(C(=O)OCC)SCCN12. The van der Waals surface area contributed by atoms with Gasteiger partial charge in [0.15, 0.2) is 0 Å². The molecular formula is C13H17NO4S2. The predicted molar refractivity (Wildman–Crippen MR) is 80.0 cm³/mol. The Morgan fingerprint density at radius 1 is 1.25 bits per heavy atom. The van der Waals surface area contributed by atoms with Crippen molar-refractivity contribution in [3.05, 3.63) is 21.7 Å². The standard InChI is InChI=1S/C13H17NO4S2/c1-3-17-10(15)7-9-8-20-12-11(13(16)18-4-2)19-6-5-14(9)12/h7H,3-6,8H2,1-2H3. The van der Waals surface area contributed by atoms with Gasteiger partial charge in [-0.2, -0.15) is 0 Å². The molecule has 2 aliphatic rings. The fraction of sp³-hybridized carbons (Fsp3) is 0.538. The van der Waals surface area contributed by atoms with Crippen molar-refractivity contribution < 1.29 is 19.1 Å². The summed E-state index contributed by atoms with van der Waals surface area (Å²) in [5.74, 6) is 0.873.